The normalized spacial score (nSPS) is 18.6. The summed E-state index contributed by atoms with van der Waals surface area (Å²) in [6.45, 7) is 0. The van der Waals surface area contributed by atoms with Crippen molar-refractivity contribution in [2.75, 3.05) is 14.2 Å². The topological polar surface area (TPSA) is 63.1 Å². The summed E-state index contributed by atoms with van der Waals surface area (Å²) in [5.74, 6) is 1.35. The van der Waals surface area contributed by atoms with Gasteiger partial charge < -0.3 is 14.6 Å². The zero-order chi connectivity index (χ0) is 21.1. The largest absolute Gasteiger partial charge is 0.504 e. The van der Waals surface area contributed by atoms with Gasteiger partial charge in [0.1, 0.15) is 11.9 Å². The number of methoxy groups -OCH3 is 2. The van der Waals surface area contributed by atoms with Crippen molar-refractivity contribution in [3.05, 3.63) is 88.4 Å². The molecule has 0 spiro atoms. The third kappa shape index (κ3) is 4.13. The van der Waals surface area contributed by atoms with Crippen molar-refractivity contribution in [3.63, 3.8) is 0 Å². The van der Waals surface area contributed by atoms with Gasteiger partial charge in [0.05, 0.1) is 14.2 Å². The van der Waals surface area contributed by atoms with E-state index in [1.54, 1.807) is 20.3 Å². The van der Waals surface area contributed by atoms with Crippen molar-refractivity contribution < 1.29 is 14.6 Å². The Morgan fingerprint density at radius 1 is 1.00 bits per heavy atom. The first kappa shape index (κ1) is 20.3. The van der Waals surface area contributed by atoms with Gasteiger partial charge in [-0.25, -0.2) is 0 Å². The Morgan fingerprint density at radius 2 is 1.77 bits per heavy atom. The Morgan fingerprint density at radius 3 is 2.50 bits per heavy atom. The Balaban J connectivity index is 1.77. The van der Waals surface area contributed by atoms with E-state index in [0.717, 1.165) is 28.2 Å². The second-order valence-corrected chi connectivity index (χ2v) is 7.52. The third-order valence-electron chi connectivity index (χ3n) is 5.25. The van der Waals surface area contributed by atoms with E-state index < -0.39 is 0 Å². The number of phenolic OH excluding ortho intramolecular Hbond substituents is 1. The zero-order valence-corrected chi connectivity index (χ0v) is 17.6. The monoisotopic (exact) mass is 422 g/mol. The molecule has 0 unspecified atom stereocenters. The fraction of sp³-hybridized carbons (Fsp3) is 0.208. The molecule has 0 amide bonds. The first-order valence-electron chi connectivity index (χ1n) is 9.67. The van der Waals surface area contributed by atoms with Crippen LogP contribution in [0.25, 0.3) is 0 Å². The predicted molar refractivity (Wildman–Crippen MR) is 119 cm³/mol. The quantitative estimate of drug-likeness (QED) is 0.586. The minimum Gasteiger partial charge on any atom is -0.504 e. The number of aromatic hydroxyl groups is 1. The Labute approximate surface area is 180 Å². The molecule has 1 aliphatic heterocycles. The van der Waals surface area contributed by atoms with Gasteiger partial charge in [-0.1, -0.05) is 48.0 Å². The number of hydrogen-bond acceptors (Lipinski definition) is 5. The number of nitrogens with zero attached hydrogens (tertiary/aromatic N) is 1. The summed E-state index contributed by atoms with van der Waals surface area (Å²) in [5.41, 5.74) is 3.68. The SMILES string of the molecule is COc1cccc([C@@H]2N=C(c3ccc(Cl)cc3)C[C@@H](c3cccc(OC)c3O)N2)c1. The summed E-state index contributed by atoms with van der Waals surface area (Å²) in [4.78, 5) is 4.97. The van der Waals surface area contributed by atoms with Crippen LogP contribution < -0.4 is 14.8 Å². The van der Waals surface area contributed by atoms with Crippen molar-refractivity contribution in [1.82, 2.24) is 5.32 Å². The van der Waals surface area contributed by atoms with E-state index in [1.165, 1.54) is 0 Å². The first-order chi connectivity index (χ1) is 14.6. The zero-order valence-electron chi connectivity index (χ0n) is 16.8. The number of hydrogen-bond donors (Lipinski definition) is 2. The Bertz CT molecular complexity index is 1070. The van der Waals surface area contributed by atoms with Gasteiger partial charge in [-0.05, 0) is 41.5 Å². The highest BCUT2D eigenvalue weighted by Crippen LogP contribution is 2.39. The maximum atomic E-state index is 10.7. The van der Waals surface area contributed by atoms with Crippen LogP contribution in [0.15, 0.2) is 71.7 Å². The summed E-state index contributed by atoms with van der Waals surface area (Å²) < 4.78 is 10.7. The Kier molecular flexibility index (Phi) is 5.93. The number of rotatable bonds is 5. The lowest BCUT2D eigenvalue weighted by atomic mass is 9.93. The average Bonchev–Trinajstić information content (AvgIpc) is 2.79. The van der Waals surface area contributed by atoms with Gasteiger partial charge in [-0.3, -0.25) is 10.3 Å². The fourth-order valence-electron chi connectivity index (χ4n) is 3.69. The molecule has 0 radical (unpaired) electrons. The summed E-state index contributed by atoms with van der Waals surface area (Å²) >= 11 is 6.07. The third-order valence-corrected chi connectivity index (χ3v) is 5.51. The van der Waals surface area contributed by atoms with E-state index in [0.29, 0.717) is 17.2 Å². The van der Waals surface area contributed by atoms with E-state index in [9.17, 15) is 5.11 Å². The van der Waals surface area contributed by atoms with E-state index in [1.807, 2.05) is 60.7 Å². The second kappa shape index (κ2) is 8.78. The molecular weight excluding hydrogens is 400 g/mol. The van der Waals surface area contributed by atoms with Crippen molar-refractivity contribution in [1.29, 1.82) is 0 Å². The average molecular weight is 423 g/mol. The summed E-state index contributed by atoms with van der Waals surface area (Å²) in [5, 5.41) is 15.0. The highest BCUT2D eigenvalue weighted by Gasteiger charge is 2.28. The molecule has 3 aromatic carbocycles. The molecule has 5 nitrogen and oxygen atoms in total. The molecule has 0 saturated carbocycles. The number of ether oxygens (including phenoxy) is 2. The van der Waals surface area contributed by atoms with Crippen molar-refractivity contribution >= 4 is 17.3 Å². The van der Waals surface area contributed by atoms with Crippen LogP contribution in [0.1, 0.15) is 35.3 Å². The molecule has 6 heteroatoms. The molecule has 154 valence electrons. The number of phenols is 1. The van der Waals surface area contributed by atoms with Crippen LogP contribution in [-0.2, 0) is 0 Å². The van der Waals surface area contributed by atoms with Gasteiger partial charge in [0.25, 0.3) is 0 Å². The van der Waals surface area contributed by atoms with E-state index in [4.69, 9.17) is 26.1 Å². The van der Waals surface area contributed by atoms with Crippen LogP contribution in [0.5, 0.6) is 17.2 Å². The maximum Gasteiger partial charge on any atom is 0.162 e. The second-order valence-electron chi connectivity index (χ2n) is 7.08. The predicted octanol–water partition coefficient (Wildman–Crippen LogP) is 5.29. The number of nitrogens with one attached hydrogen (secondary N) is 1. The highest BCUT2D eigenvalue weighted by atomic mass is 35.5. The van der Waals surface area contributed by atoms with Crippen molar-refractivity contribution in [2.45, 2.75) is 18.6 Å². The van der Waals surface area contributed by atoms with E-state index in [2.05, 4.69) is 5.32 Å². The molecule has 0 aromatic heterocycles. The molecule has 2 N–H and O–H groups in total. The molecule has 2 atom stereocenters. The number of benzene rings is 3. The van der Waals surface area contributed by atoms with Gasteiger partial charge in [-0.2, -0.15) is 0 Å². The van der Waals surface area contributed by atoms with Gasteiger partial charge in [0, 0.05) is 28.8 Å². The highest BCUT2D eigenvalue weighted by molar-refractivity contribution is 6.30. The van der Waals surface area contributed by atoms with Crippen LogP contribution in [0.2, 0.25) is 5.02 Å². The van der Waals surface area contributed by atoms with E-state index in [-0.39, 0.29) is 18.0 Å². The molecule has 1 aliphatic rings. The first-order valence-corrected chi connectivity index (χ1v) is 10.1. The van der Waals surface area contributed by atoms with Gasteiger partial charge in [0.15, 0.2) is 11.5 Å². The van der Waals surface area contributed by atoms with Crippen molar-refractivity contribution in [2.24, 2.45) is 4.99 Å². The Hall–Kier alpha value is -3.02. The molecular formula is C24H23ClN2O3. The van der Waals surface area contributed by atoms with Crippen LogP contribution in [0.4, 0.5) is 0 Å². The minimum atomic E-state index is -0.296. The number of aliphatic imine (C=N–C) groups is 1. The minimum absolute atomic E-state index is 0.138. The summed E-state index contributed by atoms with van der Waals surface area (Å²) in [7, 11) is 3.19. The molecule has 0 bridgehead atoms. The maximum absolute atomic E-state index is 10.7. The summed E-state index contributed by atoms with van der Waals surface area (Å²) in [6.07, 6.45) is 0.318. The number of para-hydroxylation sites is 1. The molecule has 1 heterocycles. The van der Waals surface area contributed by atoms with Crippen molar-refractivity contribution in [3.8, 4) is 17.2 Å². The van der Waals surface area contributed by atoms with Gasteiger partial charge in [0.2, 0.25) is 0 Å². The molecule has 0 saturated heterocycles. The molecule has 0 fully saturated rings. The van der Waals surface area contributed by atoms with Crippen LogP contribution in [0.3, 0.4) is 0 Å². The van der Waals surface area contributed by atoms with Gasteiger partial charge >= 0.3 is 0 Å². The lowest BCUT2D eigenvalue weighted by molar-refractivity contribution is 0.360. The van der Waals surface area contributed by atoms with Gasteiger partial charge in [-0.15, -0.1) is 0 Å². The standard InChI is InChI=1S/C24H23ClN2O3/c1-29-18-6-3-5-16(13-18)24-26-20(15-9-11-17(25)12-10-15)14-21(27-24)19-7-4-8-22(30-2)23(19)28/h3-13,21,24,27-28H,14H2,1-2H3/t21-,24+/m0/s1. The molecule has 0 aliphatic carbocycles. The van der Waals surface area contributed by atoms with E-state index >= 15 is 0 Å². The van der Waals surface area contributed by atoms with Crippen LogP contribution in [0, 0.1) is 0 Å². The smallest absolute Gasteiger partial charge is 0.162 e. The molecule has 3 aromatic rings. The lowest BCUT2D eigenvalue weighted by Crippen LogP contribution is -2.33. The molecule has 4 rings (SSSR count). The van der Waals surface area contributed by atoms with Crippen LogP contribution >= 0.6 is 11.6 Å². The fourth-order valence-corrected chi connectivity index (χ4v) is 3.82. The van der Waals surface area contributed by atoms with Crippen LogP contribution in [-0.4, -0.2) is 25.0 Å². The molecule has 30 heavy (non-hydrogen) atoms. The lowest BCUT2D eigenvalue weighted by Gasteiger charge is -2.31. The number of halogens is 1. The summed E-state index contributed by atoms with van der Waals surface area (Å²) in [6, 6.07) is 20.9.